The van der Waals surface area contributed by atoms with Crippen LogP contribution in [0.3, 0.4) is 0 Å². The normalized spacial score (nSPS) is 46.3. The smallest absolute Gasteiger partial charge is 0.0616 e. The summed E-state index contributed by atoms with van der Waals surface area (Å²) in [6.45, 7) is 18.8. The van der Waals surface area contributed by atoms with Crippen LogP contribution in [0.4, 0.5) is 0 Å². The molecule has 0 aromatic heterocycles. The van der Waals surface area contributed by atoms with Gasteiger partial charge in [-0.25, -0.2) is 0 Å². The van der Waals surface area contributed by atoms with E-state index in [0.29, 0.717) is 23.0 Å². The van der Waals surface area contributed by atoms with Crippen LogP contribution < -0.4 is 0 Å². The Kier molecular flexibility index (Phi) is 4.84. The van der Waals surface area contributed by atoms with Gasteiger partial charge in [-0.05, 0) is 60.2 Å². The van der Waals surface area contributed by atoms with Crippen molar-refractivity contribution in [2.45, 2.75) is 93.3 Å². The van der Waals surface area contributed by atoms with Crippen molar-refractivity contribution >= 4 is 0 Å². The molecule has 124 valence electrons. The molecular formula is C20H38O. The summed E-state index contributed by atoms with van der Waals surface area (Å²) in [5.74, 6) is 3.50. The fourth-order valence-corrected chi connectivity index (χ4v) is 5.70. The maximum Gasteiger partial charge on any atom is 0.0616 e. The molecule has 0 radical (unpaired) electrons. The highest BCUT2D eigenvalue weighted by Crippen LogP contribution is 2.65. The van der Waals surface area contributed by atoms with Crippen molar-refractivity contribution in [1.29, 1.82) is 0 Å². The van der Waals surface area contributed by atoms with Crippen molar-refractivity contribution in [3.63, 3.8) is 0 Å². The first-order valence-corrected chi connectivity index (χ1v) is 9.42. The zero-order valence-corrected chi connectivity index (χ0v) is 15.7. The number of hydrogen-bond acceptors (Lipinski definition) is 1. The summed E-state index contributed by atoms with van der Waals surface area (Å²) >= 11 is 0. The van der Waals surface area contributed by atoms with E-state index in [0.717, 1.165) is 23.7 Å². The molecule has 1 saturated heterocycles. The Morgan fingerprint density at radius 1 is 1.05 bits per heavy atom. The molecule has 3 aliphatic rings. The van der Waals surface area contributed by atoms with Crippen molar-refractivity contribution in [1.82, 2.24) is 0 Å². The van der Waals surface area contributed by atoms with E-state index in [9.17, 15) is 0 Å². The maximum absolute atomic E-state index is 6.39. The average molecular weight is 295 g/mol. The van der Waals surface area contributed by atoms with Gasteiger partial charge in [0.25, 0.3) is 0 Å². The molecular weight excluding hydrogens is 256 g/mol. The lowest BCUT2D eigenvalue weighted by atomic mass is 9.55. The molecule has 0 aromatic carbocycles. The molecule has 1 heterocycles. The first kappa shape index (κ1) is 17.3. The lowest BCUT2D eigenvalue weighted by Gasteiger charge is -2.50. The van der Waals surface area contributed by atoms with Crippen molar-refractivity contribution in [3.8, 4) is 0 Å². The van der Waals surface area contributed by atoms with Crippen molar-refractivity contribution in [2.24, 2.45) is 34.5 Å². The van der Waals surface area contributed by atoms with Crippen LogP contribution >= 0.6 is 0 Å². The fraction of sp³-hybridized carbons (Fsp3) is 1.00. The van der Waals surface area contributed by atoms with E-state index in [2.05, 4.69) is 41.5 Å². The Balaban J connectivity index is 0.000000774. The van der Waals surface area contributed by atoms with Gasteiger partial charge in [-0.3, -0.25) is 0 Å². The van der Waals surface area contributed by atoms with E-state index >= 15 is 0 Å². The lowest BCUT2D eigenvalue weighted by Crippen LogP contribution is -2.47. The van der Waals surface area contributed by atoms with Crippen LogP contribution in [-0.4, -0.2) is 12.2 Å². The van der Waals surface area contributed by atoms with Gasteiger partial charge >= 0.3 is 0 Å². The van der Waals surface area contributed by atoms with Gasteiger partial charge < -0.3 is 4.74 Å². The fourth-order valence-electron chi connectivity index (χ4n) is 5.70. The van der Waals surface area contributed by atoms with Gasteiger partial charge in [0.1, 0.15) is 0 Å². The summed E-state index contributed by atoms with van der Waals surface area (Å²) in [6.07, 6.45) is 6.33. The van der Waals surface area contributed by atoms with Gasteiger partial charge in [-0.2, -0.15) is 0 Å². The zero-order valence-electron chi connectivity index (χ0n) is 15.7. The Hall–Kier alpha value is -0.0400. The maximum atomic E-state index is 6.39. The van der Waals surface area contributed by atoms with Gasteiger partial charge in [0.05, 0.1) is 12.2 Å². The Labute approximate surface area is 133 Å². The van der Waals surface area contributed by atoms with E-state index in [-0.39, 0.29) is 0 Å². The first-order valence-electron chi connectivity index (χ1n) is 9.42. The van der Waals surface area contributed by atoms with Gasteiger partial charge in [-0.15, -0.1) is 0 Å². The minimum Gasteiger partial charge on any atom is -0.375 e. The molecule has 0 bridgehead atoms. The molecule has 2 aliphatic carbocycles. The van der Waals surface area contributed by atoms with Gasteiger partial charge in [0.15, 0.2) is 0 Å². The molecule has 0 N–H and O–H groups in total. The Morgan fingerprint density at radius 2 is 1.67 bits per heavy atom. The summed E-state index contributed by atoms with van der Waals surface area (Å²) in [7, 11) is 0. The largest absolute Gasteiger partial charge is 0.375 e. The Bertz CT molecular complexity index is 357. The van der Waals surface area contributed by atoms with E-state index < -0.39 is 0 Å². The monoisotopic (exact) mass is 294 g/mol. The highest BCUT2D eigenvalue weighted by molar-refractivity contribution is 5.09. The molecule has 1 aliphatic heterocycles. The number of hydrogen-bond donors (Lipinski definition) is 0. The van der Waals surface area contributed by atoms with Gasteiger partial charge in [0, 0.05) is 0 Å². The minimum absolute atomic E-state index is 0.469. The van der Waals surface area contributed by atoms with Crippen molar-refractivity contribution in [2.75, 3.05) is 0 Å². The molecule has 2 saturated carbocycles. The van der Waals surface area contributed by atoms with Crippen molar-refractivity contribution < 1.29 is 4.74 Å². The summed E-state index contributed by atoms with van der Waals surface area (Å²) < 4.78 is 6.39. The molecule has 3 fully saturated rings. The number of ether oxygens (including phenoxy) is 1. The van der Waals surface area contributed by atoms with Crippen LogP contribution in [0.5, 0.6) is 0 Å². The Morgan fingerprint density at radius 3 is 2.24 bits per heavy atom. The number of fused-ring (bicyclic) bond motifs is 3. The van der Waals surface area contributed by atoms with Crippen molar-refractivity contribution in [3.05, 3.63) is 0 Å². The highest BCUT2D eigenvalue weighted by atomic mass is 16.5. The second-order valence-corrected chi connectivity index (χ2v) is 8.89. The molecule has 0 aromatic rings. The first-order chi connectivity index (χ1) is 9.77. The predicted molar refractivity (Wildman–Crippen MR) is 91.3 cm³/mol. The van der Waals surface area contributed by atoms with Crippen LogP contribution in [-0.2, 0) is 4.74 Å². The van der Waals surface area contributed by atoms with E-state index in [1.165, 1.54) is 25.7 Å². The topological polar surface area (TPSA) is 9.23 Å². The molecule has 21 heavy (non-hydrogen) atoms. The summed E-state index contributed by atoms with van der Waals surface area (Å²) in [5, 5.41) is 0. The quantitative estimate of drug-likeness (QED) is 0.583. The third-order valence-electron chi connectivity index (χ3n) is 7.20. The zero-order chi connectivity index (χ0) is 16.0. The molecule has 6 atom stereocenters. The summed E-state index contributed by atoms with van der Waals surface area (Å²) in [6, 6.07) is 0. The molecule has 1 nitrogen and oxygen atoms in total. The average Bonchev–Trinajstić information content (AvgIpc) is 2.92. The lowest BCUT2D eigenvalue weighted by molar-refractivity contribution is -0.0753. The molecule has 0 amide bonds. The van der Waals surface area contributed by atoms with Crippen LogP contribution in [0, 0.1) is 34.5 Å². The van der Waals surface area contributed by atoms with E-state index in [4.69, 9.17) is 4.74 Å². The second kappa shape index (κ2) is 5.87. The van der Waals surface area contributed by atoms with Gasteiger partial charge in [0.2, 0.25) is 0 Å². The van der Waals surface area contributed by atoms with E-state index in [1.54, 1.807) is 0 Å². The highest BCUT2D eigenvalue weighted by Gasteiger charge is 2.61. The molecule has 5 unspecified atom stereocenters. The van der Waals surface area contributed by atoms with Crippen LogP contribution in [0.1, 0.15) is 81.1 Å². The van der Waals surface area contributed by atoms with Crippen LogP contribution in [0.15, 0.2) is 0 Å². The van der Waals surface area contributed by atoms with Gasteiger partial charge in [-0.1, -0.05) is 55.4 Å². The number of rotatable bonds is 1. The third kappa shape index (κ3) is 2.69. The van der Waals surface area contributed by atoms with E-state index in [1.807, 2.05) is 13.8 Å². The summed E-state index contributed by atoms with van der Waals surface area (Å²) in [5.41, 5.74) is 0.966. The molecule has 1 heteroatoms. The summed E-state index contributed by atoms with van der Waals surface area (Å²) in [4.78, 5) is 0. The molecule has 0 spiro atoms. The van der Waals surface area contributed by atoms with Crippen LogP contribution in [0.25, 0.3) is 0 Å². The molecule has 3 rings (SSSR count). The third-order valence-corrected chi connectivity index (χ3v) is 7.20. The predicted octanol–water partition coefficient (Wildman–Crippen LogP) is 5.92. The second-order valence-electron chi connectivity index (χ2n) is 8.89. The minimum atomic E-state index is 0.469. The standard InChI is InChI=1S/C18H32O.C2H6/c1-7-12-9-13-15(19-12)10-17(3,4)14-8-11(2)18(5,6)16(13)14;1-2/h11-16H,7-10H2,1-6H3;1-2H3/t11-,12?,13?,14?,15?,16?;/m0./s1. The SMILES string of the molecule is CC.CCC1CC2C(CC(C)(C)C3C[C@H](C)C(C)(C)C23)O1. The van der Waals surface area contributed by atoms with Crippen LogP contribution in [0.2, 0.25) is 0 Å².